The molecule has 1 aromatic carbocycles. The van der Waals surface area contributed by atoms with Gasteiger partial charge in [-0.3, -0.25) is 9.48 Å². The van der Waals surface area contributed by atoms with Gasteiger partial charge in [-0.2, -0.15) is 5.10 Å². The highest BCUT2D eigenvalue weighted by Gasteiger charge is 2.18. The molecule has 4 nitrogen and oxygen atoms in total. The fraction of sp³-hybridized carbons (Fsp3) is 0.333. The van der Waals surface area contributed by atoms with Crippen molar-refractivity contribution in [1.82, 2.24) is 9.78 Å². The van der Waals surface area contributed by atoms with E-state index in [-0.39, 0.29) is 5.78 Å². The van der Waals surface area contributed by atoms with E-state index in [0.29, 0.717) is 24.4 Å². The Morgan fingerprint density at radius 1 is 1.42 bits per heavy atom. The van der Waals surface area contributed by atoms with Gasteiger partial charge in [-0.1, -0.05) is 29.8 Å². The molecule has 0 spiro atoms. The normalized spacial score (nSPS) is 10.5. The SMILES string of the molecule is CCn1ncc(OC)c1C(=O)Cc1cccc(C)c1. The van der Waals surface area contributed by atoms with Crippen LogP contribution in [0.25, 0.3) is 0 Å². The van der Waals surface area contributed by atoms with E-state index < -0.39 is 0 Å². The highest BCUT2D eigenvalue weighted by Crippen LogP contribution is 2.20. The summed E-state index contributed by atoms with van der Waals surface area (Å²) in [5, 5.41) is 4.16. The number of carbonyl (C=O) groups is 1. The van der Waals surface area contributed by atoms with E-state index in [1.807, 2.05) is 38.1 Å². The molecule has 2 aromatic rings. The average molecular weight is 258 g/mol. The quantitative estimate of drug-likeness (QED) is 0.774. The number of aryl methyl sites for hydroxylation is 2. The fourth-order valence-electron chi connectivity index (χ4n) is 2.13. The summed E-state index contributed by atoms with van der Waals surface area (Å²) in [5.74, 6) is 0.571. The van der Waals surface area contributed by atoms with Gasteiger partial charge < -0.3 is 4.74 Å². The zero-order valence-corrected chi connectivity index (χ0v) is 11.5. The Morgan fingerprint density at radius 2 is 2.21 bits per heavy atom. The largest absolute Gasteiger partial charge is 0.493 e. The summed E-state index contributed by atoms with van der Waals surface area (Å²) in [6.45, 7) is 4.62. The van der Waals surface area contributed by atoms with Gasteiger partial charge in [0.05, 0.1) is 13.3 Å². The van der Waals surface area contributed by atoms with Gasteiger partial charge in [-0.15, -0.1) is 0 Å². The Kier molecular flexibility index (Phi) is 4.00. The predicted octanol–water partition coefficient (Wildman–Crippen LogP) is 2.65. The van der Waals surface area contributed by atoms with Gasteiger partial charge in [0.1, 0.15) is 5.69 Å². The molecular weight excluding hydrogens is 240 g/mol. The maximum Gasteiger partial charge on any atom is 0.189 e. The molecule has 19 heavy (non-hydrogen) atoms. The number of methoxy groups -OCH3 is 1. The number of ketones is 1. The van der Waals surface area contributed by atoms with Crippen molar-refractivity contribution in [3.8, 4) is 5.75 Å². The second-order valence-electron chi connectivity index (χ2n) is 4.47. The number of benzene rings is 1. The Morgan fingerprint density at radius 3 is 2.84 bits per heavy atom. The molecule has 0 aliphatic carbocycles. The molecule has 0 unspecified atom stereocenters. The van der Waals surface area contributed by atoms with Crippen molar-refractivity contribution in [1.29, 1.82) is 0 Å². The first-order valence-corrected chi connectivity index (χ1v) is 6.34. The van der Waals surface area contributed by atoms with Crippen molar-refractivity contribution < 1.29 is 9.53 Å². The van der Waals surface area contributed by atoms with Crippen LogP contribution in [0.2, 0.25) is 0 Å². The van der Waals surface area contributed by atoms with Gasteiger partial charge in [0.15, 0.2) is 11.5 Å². The molecule has 0 aliphatic heterocycles. The number of rotatable bonds is 5. The van der Waals surface area contributed by atoms with Crippen LogP contribution in [-0.2, 0) is 13.0 Å². The van der Waals surface area contributed by atoms with Crippen LogP contribution in [0.15, 0.2) is 30.5 Å². The minimum atomic E-state index is 0.0294. The van der Waals surface area contributed by atoms with Gasteiger partial charge in [0.2, 0.25) is 0 Å². The van der Waals surface area contributed by atoms with Crippen molar-refractivity contribution in [3.05, 3.63) is 47.3 Å². The highest BCUT2D eigenvalue weighted by atomic mass is 16.5. The van der Waals surface area contributed by atoms with E-state index >= 15 is 0 Å². The van der Waals surface area contributed by atoms with Crippen LogP contribution in [-0.4, -0.2) is 22.7 Å². The maximum atomic E-state index is 12.4. The van der Waals surface area contributed by atoms with E-state index in [1.54, 1.807) is 18.0 Å². The monoisotopic (exact) mass is 258 g/mol. The molecular formula is C15H18N2O2. The summed E-state index contributed by atoms with van der Waals surface area (Å²) in [6.07, 6.45) is 1.96. The molecule has 4 heteroatoms. The first-order valence-electron chi connectivity index (χ1n) is 6.34. The number of hydrogen-bond donors (Lipinski definition) is 0. The van der Waals surface area contributed by atoms with E-state index in [0.717, 1.165) is 11.1 Å². The van der Waals surface area contributed by atoms with Crippen LogP contribution in [0.3, 0.4) is 0 Å². The summed E-state index contributed by atoms with van der Waals surface area (Å²) in [6, 6.07) is 7.97. The van der Waals surface area contributed by atoms with Gasteiger partial charge in [-0.25, -0.2) is 0 Å². The van der Waals surface area contributed by atoms with Crippen molar-refractivity contribution in [2.45, 2.75) is 26.8 Å². The van der Waals surface area contributed by atoms with Crippen molar-refractivity contribution in [2.75, 3.05) is 7.11 Å². The zero-order valence-electron chi connectivity index (χ0n) is 11.5. The van der Waals surface area contributed by atoms with Gasteiger partial charge in [-0.05, 0) is 19.4 Å². The molecule has 0 saturated heterocycles. The lowest BCUT2D eigenvalue weighted by Gasteiger charge is -2.07. The van der Waals surface area contributed by atoms with Crippen LogP contribution >= 0.6 is 0 Å². The number of carbonyl (C=O) groups excluding carboxylic acids is 1. The number of ether oxygens (including phenoxy) is 1. The van der Waals surface area contributed by atoms with E-state index in [1.165, 1.54) is 0 Å². The Bertz CT molecular complexity index is 566. The molecule has 0 saturated carbocycles. The third-order valence-electron chi connectivity index (χ3n) is 3.04. The van der Waals surface area contributed by atoms with Crippen LogP contribution in [0.1, 0.15) is 28.5 Å². The lowest BCUT2D eigenvalue weighted by Crippen LogP contribution is -2.13. The molecule has 1 heterocycles. The van der Waals surface area contributed by atoms with Crippen LogP contribution in [0.4, 0.5) is 0 Å². The molecule has 0 amide bonds. The summed E-state index contributed by atoms with van der Waals surface area (Å²) in [4.78, 5) is 12.4. The number of hydrogen-bond acceptors (Lipinski definition) is 3. The van der Waals surface area contributed by atoms with Crippen molar-refractivity contribution in [3.63, 3.8) is 0 Å². The van der Waals surface area contributed by atoms with Gasteiger partial charge >= 0.3 is 0 Å². The highest BCUT2D eigenvalue weighted by molar-refractivity contribution is 5.98. The molecule has 0 N–H and O–H groups in total. The van der Waals surface area contributed by atoms with Gasteiger partial charge in [0, 0.05) is 13.0 Å². The summed E-state index contributed by atoms with van der Waals surface area (Å²) in [7, 11) is 1.56. The topological polar surface area (TPSA) is 44.1 Å². The number of aromatic nitrogens is 2. The van der Waals surface area contributed by atoms with E-state index in [4.69, 9.17) is 4.74 Å². The molecule has 0 bridgehead atoms. The molecule has 0 atom stereocenters. The number of Topliss-reactive ketones (excluding diaryl/α,β-unsaturated/α-hetero) is 1. The molecule has 0 fully saturated rings. The maximum absolute atomic E-state index is 12.4. The summed E-state index contributed by atoms with van der Waals surface area (Å²) >= 11 is 0. The summed E-state index contributed by atoms with van der Waals surface area (Å²) in [5.41, 5.74) is 2.71. The van der Waals surface area contributed by atoms with E-state index in [2.05, 4.69) is 5.10 Å². The third kappa shape index (κ3) is 2.84. The molecule has 1 aromatic heterocycles. The van der Waals surface area contributed by atoms with Crippen LogP contribution in [0.5, 0.6) is 5.75 Å². The smallest absolute Gasteiger partial charge is 0.189 e. The van der Waals surface area contributed by atoms with Gasteiger partial charge in [0.25, 0.3) is 0 Å². The minimum absolute atomic E-state index is 0.0294. The lowest BCUT2D eigenvalue weighted by molar-refractivity contribution is 0.0979. The van der Waals surface area contributed by atoms with Crippen LogP contribution in [0, 0.1) is 6.92 Å². The second kappa shape index (κ2) is 5.69. The van der Waals surface area contributed by atoms with Crippen molar-refractivity contribution in [2.24, 2.45) is 0 Å². The standard InChI is InChI=1S/C15H18N2O2/c1-4-17-15(14(19-3)10-16-17)13(18)9-12-7-5-6-11(2)8-12/h5-8,10H,4,9H2,1-3H3. The fourth-order valence-corrected chi connectivity index (χ4v) is 2.13. The number of nitrogens with zero attached hydrogens (tertiary/aromatic N) is 2. The second-order valence-corrected chi connectivity index (χ2v) is 4.47. The molecule has 100 valence electrons. The minimum Gasteiger partial charge on any atom is -0.493 e. The third-order valence-corrected chi connectivity index (χ3v) is 3.04. The van der Waals surface area contributed by atoms with Crippen molar-refractivity contribution >= 4 is 5.78 Å². The molecule has 0 radical (unpaired) electrons. The first-order chi connectivity index (χ1) is 9.15. The summed E-state index contributed by atoms with van der Waals surface area (Å²) < 4.78 is 6.88. The zero-order chi connectivity index (χ0) is 13.8. The molecule has 2 rings (SSSR count). The lowest BCUT2D eigenvalue weighted by atomic mass is 10.0. The first kappa shape index (κ1) is 13.3. The Balaban J connectivity index is 2.27. The van der Waals surface area contributed by atoms with Crippen LogP contribution < -0.4 is 4.74 Å². The van der Waals surface area contributed by atoms with E-state index in [9.17, 15) is 4.79 Å². The average Bonchev–Trinajstić information content (AvgIpc) is 2.81. The Hall–Kier alpha value is -2.10. The molecule has 0 aliphatic rings. The Labute approximate surface area is 113 Å². The predicted molar refractivity (Wildman–Crippen MR) is 73.7 cm³/mol.